The lowest BCUT2D eigenvalue weighted by atomic mass is 10.1. The van der Waals surface area contributed by atoms with Gasteiger partial charge in [0.05, 0.1) is 11.1 Å². The standard InChI is InChI=1S/C25H29N3O3/c1-18-16-26(17-19(2)27(18)14-12-20-8-4-3-5-9-20)23(29)13-15-28-24(30)21-10-6-7-11-22(21)25(28)31/h3-11,18-19H,12-17H2,1-2H3. The van der Waals surface area contributed by atoms with Gasteiger partial charge in [-0.25, -0.2) is 0 Å². The van der Waals surface area contributed by atoms with Gasteiger partial charge in [0.1, 0.15) is 0 Å². The molecule has 2 aromatic carbocycles. The van der Waals surface area contributed by atoms with E-state index in [0.29, 0.717) is 24.2 Å². The summed E-state index contributed by atoms with van der Waals surface area (Å²) in [6.45, 7) is 6.74. The van der Waals surface area contributed by atoms with Crippen LogP contribution in [0.3, 0.4) is 0 Å². The molecule has 2 heterocycles. The van der Waals surface area contributed by atoms with Crippen LogP contribution in [0.5, 0.6) is 0 Å². The van der Waals surface area contributed by atoms with Crippen molar-refractivity contribution >= 4 is 17.7 Å². The summed E-state index contributed by atoms with van der Waals surface area (Å²) in [5, 5.41) is 0. The maximum atomic E-state index is 12.9. The highest BCUT2D eigenvalue weighted by molar-refractivity contribution is 6.21. The highest BCUT2D eigenvalue weighted by Gasteiger charge is 2.36. The molecule has 3 amide bonds. The zero-order valence-corrected chi connectivity index (χ0v) is 18.2. The van der Waals surface area contributed by atoms with E-state index < -0.39 is 0 Å². The normalized spacial score (nSPS) is 21.5. The van der Waals surface area contributed by atoms with E-state index in [1.807, 2.05) is 11.0 Å². The Hall–Kier alpha value is -2.99. The second-order valence-corrected chi connectivity index (χ2v) is 8.53. The van der Waals surface area contributed by atoms with Crippen molar-refractivity contribution in [3.05, 3.63) is 71.3 Å². The van der Waals surface area contributed by atoms with E-state index >= 15 is 0 Å². The quantitative estimate of drug-likeness (QED) is 0.676. The Kier molecular flexibility index (Phi) is 6.18. The third kappa shape index (κ3) is 4.39. The molecule has 0 aromatic heterocycles. The number of benzene rings is 2. The van der Waals surface area contributed by atoms with Crippen LogP contribution in [-0.4, -0.2) is 70.7 Å². The molecule has 6 nitrogen and oxygen atoms in total. The van der Waals surface area contributed by atoms with Gasteiger partial charge in [-0.15, -0.1) is 0 Å². The Labute approximate surface area is 183 Å². The molecule has 0 bridgehead atoms. The molecule has 0 spiro atoms. The lowest BCUT2D eigenvalue weighted by Crippen LogP contribution is -2.58. The van der Waals surface area contributed by atoms with E-state index in [4.69, 9.17) is 0 Å². The summed E-state index contributed by atoms with van der Waals surface area (Å²) >= 11 is 0. The number of rotatable bonds is 6. The third-order valence-electron chi connectivity index (χ3n) is 6.38. The molecule has 1 fully saturated rings. The Morgan fingerprint density at radius 1 is 0.839 bits per heavy atom. The number of carbonyl (C=O) groups excluding carboxylic acids is 3. The fourth-order valence-corrected chi connectivity index (χ4v) is 4.71. The van der Waals surface area contributed by atoms with E-state index in [1.165, 1.54) is 10.5 Å². The van der Waals surface area contributed by atoms with Gasteiger partial charge in [0.15, 0.2) is 0 Å². The highest BCUT2D eigenvalue weighted by atomic mass is 16.2. The van der Waals surface area contributed by atoms with Crippen molar-refractivity contribution in [3.8, 4) is 0 Å². The van der Waals surface area contributed by atoms with Crippen LogP contribution >= 0.6 is 0 Å². The first-order valence-corrected chi connectivity index (χ1v) is 11.0. The molecule has 2 unspecified atom stereocenters. The van der Waals surface area contributed by atoms with Crippen molar-refractivity contribution in [3.63, 3.8) is 0 Å². The number of piperazine rings is 1. The third-order valence-corrected chi connectivity index (χ3v) is 6.38. The minimum atomic E-state index is -0.305. The molecule has 6 heteroatoms. The van der Waals surface area contributed by atoms with Crippen LogP contribution in [0.4, 0.5) is 0 Å². The monoisotopic (exact) mass is 419 g/mol. The molecule has 0 radical (unpaired) electrons. The molecule has 0 saturated carbocycles. The lowest BCUT2D eigenvalue weighted by molar-refractivity contribution is -0.135. The van der Waals surface area contributed by atoms with Crippen LogP contribution in [0.2, 0.25) is 0 Å². The first-order valence-electron chi connectivity index (χ1n) is 11.0. The van der Waals surface area contributed by atoms with Crippen LogP contribution in [0.15, 0.2) is 54.6 Å². The maximum Gasteiger partial charge on any atom is 0.261 e. The van der Waals surface area contributed by atoms with Crippen LogP contribution in [0.1, 0.15) is 46.5 Å². The van der Waals surface area contributed by atoms with Crippen molar-refractivity contribution in [2.75, 3.05) is 26.2 Å². The molecule has 2 aliphatic rings. The van der Waals surface area contributed by atoms with Gasteiger partial charge in [-0.05, 0) is 38.0 Å². The minimum absolute atomic E-state index is 0.00188. The molecule has 0 aliphatic carbocycles. The summed E-state index contributed by atoms with van der Waals surface area (Å²) in [6, 6.07) is 17.8. The van der Waals surface area contributed by atoms with Gasteiger partial charge in [-0.1, -0.05) is 42.5 Å². The number of imide groups is 1. The molecule has 162 valence electrons. The molecule has 2 atom stereocenters. The summed E-state index contributed by atoms with van der Waals surface area (Å²) in [7, 11) is 0. The van der Waals surface area contributed by atoms with Gasteiger partial charge in [0, 0.05) is 44.7 Å². The number of hydrogen-bond acceptors (Lipinski definition) is 4. The Morgan fingerprint density at radius 3 is 1.97 bits per heavy atom. The summed E-state index contributed by atoms with van der Waals surface area (Å²) in [5.74, 6) is -0.611. The van der Waals surface area contributed by atoms with Crippen LogP contribution < -0.4 is 0 Å². The van der Waals surface area contributed by atoms with Crippen molar-refractivity contribution in [1.82, 2.24) is 14.7 Å². The van der Waals surface area contributed by atoms with E-state index in [-0.39, 0.29) is 42.8 Å². The van der Waals surface area contributed by atoms with E-state index in [1.54, 1.807) is 24.3 Å². The molecular weight excluding hydrogens is 390 g/mol. The smallest absolute Gasteiger partial charge is 0.261 e. The molecule has 1 saturated heterocycles. The first-order chi connectivity index (χ1) is 15.0. The number of carbonyl (C=O) groups is 3. The van der Waals surface area contributed by atoms with Crippen molar-refractivity contribution in [2.24, 2.45) is 0 Å². The van der Waals surface area contributed by atoms with Crippen molar-refractivity contribution < 1.29 is 14.4 Å². The van der Waals surface area contributed by atoms with Gasteiger partial charge >= 0.3 is 0 Å². The Balaban J connectivity index is 1.30. The van der Waals surface area contributed by atoms with E-state index in [0.717, 1.165) is 13.0 Å². The van der Waals surface area contributed by atoms with Gasteiger partial charge in [0.25, 0.3) is 11.8 Å². The fourth-order valence-electron chi connectivity index (χ4n) is 4.71. The molecule has 2 aromatic rings. The lowest BCUT2D eigenvalue weighted by Gasteiger charge is -2.44. The zero-order valence-electron chi connectivity index (χ0n) is 18.2. The van der Waals surface area contributed by atoms with Gasteiger partial charge in [-0.3, -0.25) is 24.2 Å². The van der Waals surface area contributed by atoms with Crippen LogP contribution in [-0.2, 0) is 11.2 Å². The van der Waals surface area contributed by atoms with Gasteiger partial charge < -0.3 is 4.90 Å². The molecule has 0 N–H and O–H groups in total. The zero-order chi connectivity index (χ0) is 22.0. The molecular formula is C25H29N3O3. The summed E-state index contributed by atoms with van der Waals surface area (Å²) in [4.78, 5) is 43.4. The minimum Gasteiger partial charge on any atom is -0.340 e. The average molecular weight is 420 g/mol. The van der Waals surface area contributed by atoms with Crippen LogP contribution in [0.25, 0.3) is 0 Å². The largest absolute Gasteiger partial charge is 0.340 e. The van der Waals surface area contributed by atoms with Crippen molar-refractivity contribution in [1.29, 1.82) is 0 Å². The number of fused-ring (bicyclic) bond motifs is 1. The predicted molar refractivity (Wildman–Crippen MR) is 119 cm³/mol. The Morgan fingerprint density at radius 2 is 1.39 bits per heavy atom. The topological polar surface area (TPSA) is 60.9 Å². The summed E-state index contributed by atoms with van der Waals surface area (Å²) in [6.07, 6.45) is 1.15. The fraction of sp³-hybridized carbons (Fsp3) is 0.400. The average Bonchev–Trinajstić information content (AvgIpc) is 3.02. The van der Waals surface area contributed by atoms with E-state index in [2.05, 4.69) is 43.0 Å². The van der Waals surface area contributed by atoms with Gasteiger partial charge in [-0.2, -0.15) is 0 Å². The second-order valence-electron chi connectivity index (χ2n) is 8.53. The first kappa shape index (κ1) is 21.2. The van der Waals surface area contributed by atoms with Crippen molar-refractivity contribution in [2.45, 2.75) is 38.8 Å². The maximum absolute atomic E-state index is 12.9. The second kappa shape index (κ2) is 9.02. The number of nitrogens with zero attached hydrogens (tertiary/aromatic N) is 3. The summed E-state index contributed by atoms with van der Waals surface area (Å²) in [5.41, 5.74) is 2.17. The van der Waals surface area contributed by atoms with E-state index in [9.17, 15) is 14.4 Å². The van der Waals surface area contributed by atoms with Gasteiger partial charge in [0.2, 0.25) is 5.91 Å². The molecule has 2 aliphatic heterocycles. The number of hydrogen-bond donors (Lipinski definition) is 0. The summed E-state index contributed by atoms with van der Waals surface area (Å²) < 4.78 is 0. The SMILES string of the molecule is CC1CN(C(=O)CCN2C(=O)c3ccccc3C2=O)CC(C)N1CCc1ccccc1. The number of amides is 3. The Bertz CT molecular complexity index is 928. The van der Waals surface area contributed by atoms with Crippen LogP contribution in [0, 0.1) is 0 Å². The molecule has 4 rings (SSSR count). The highest BCUT2D eigenvalue weighted by Crippen LogP contribution is 2.23. The molecule has 31 heavy (non-hydrogen) atoms. The predicted octanol–water partition coefficient (Wildman–Crippen LogP) is 2.84.